The Balaban J connectivity index is 1.63. The number of urea groups is 1. The topological polar surface area (TPSA) is 71.8 Å². The van der Waals surface area contributed by atoms with Crippen molar-refractivity contribution in [1.29, 1.82) is 0 Å². The number of anilines is 1. The first-order chi connectivity index (χ1) is 10.1. The molecule has 6 nitrogen and oxygen atoms in total. The summed E-state index contributed by atoms with van der Waals surface area (Å²) in [6, 6.07) is 0.303. The molecular formula is C14H19N5OS. The minimum absolute atomic E-state index is 0.145. The van der Waals surface area contributed by atoms with Crippen molar-refractivity contribution in [3.63, 3.8) is 0 Å². The third-order valence-electron chi connectivity index (χ3n) is 3.66. The highest BCUT2D eigenvalue weighted by Crippen LogP contribution is 2.23. The summed E-state index contributed by atoms with van der Waals surface area (Å²) in [5.41, 5.74) is 2.55. The summed E-state index contributed by atoms with van der Waals surface area (Å²) in [5, 5.41) is 12.7. The van der Waals surface area contributed by atoms with Gasteiger partial charge < -0.3 is 5.32 Å². The fourth-order valence-electron chi connectivity index (χ4n) is 2.69. The standard InChI is InChI=1S/C14H19N5OS/c1-9(2)19-12-7-11(4-3-10(12)8-16-19)17-13(20)18-14-15-5-6-21-14/h5-6,8-9,11H,3-4,7H2,1-2H3,(H2,15,17,18,20)/t11-/m1/s1. The quantitative estimate of drug-likeness (QED) is 0.915. The third kappa shape index (κ3) is 3.07. The molecule has 0 aliphatic heterocycles. The number of hydrogen-bond acceptors (Lipinski definition) is 4. The molecule has 2 heterocycles. The summed E-state index contributed by atoms with van der Waals surface area (Å²) in [5.74, 6) is 0. The van der Waals surface area contributed by atoms with Crippen LogP contribution in [0.4, 0.5) is 9.93 Å². The maximum absolute atomic E-state index is 12.0. The van der Waals surface area contributed by atoms with Crippen LogP contribution in [0.2, 0.25) is 0 Å². The number of fused-ring (bicyclic) bond motifs is 1. The predicted octanol–water partition coefficient (Wildman–Crippen LogP) is 2.60. The number of nitrogens with one attached hydrogen (secondary N) is 2. The number of hydrogen-bond donors (Lipinski definition) is 2. The molecule has 0 unspecified atom stereocenters. The monoisotopic (exact) mass is 305 g/mol. The second kappa shape index (κ2) is 5.85. The lowest BCUT2D eigenvalue weighted by molar-refractivity contribution is 0.246. The molecule has 1 atom stereocenters. The van der Waals surface area contributed by atoms with Crippen LogP contribution in [0, 0.1) is 0 Å². The van der Waals surface area contributed by atoms with E-state index in [-0.39, 0.29) is 12.1 Å². The second-order valence-corrected chi connectivity index (χ2v) is 6.42. The van der Waals surface area contributed by atoms with Gasteiger partial charge in [0.2, 0.25) is 0 Å². The highest BCUT2D eigenvalue weighted by molar-refractivity contribution is 7.13. The summed E-state index contributed by atoms with van der Waals surface area (Å²) >= 11 is 1.41. The van der Waals surface area contributed by atoms with Crippen LogP contribution in [0.1, 0.15) is 37.6 Å². The molecule has 112 valence electrons. The zero-order valence-electron chi connectivity index (χ0n) is 12.2. The lowest BCUT2D eigenvalue weighted by Crippen LogP contribution is -2.41. The lowest BCUT2D eigenvalue weighted by Gasteiger charge is -2.25. The molecule has 0 spiro atoms. The Bertz CT molecular complexity index is 619. The van der Waals surface area contributed by atoms with Gasteiger partial charge in [0.1, 0.15) is 0 Å². The van der Waals surface area contributed by atoms with Crippen LogP contribution in [0.5, 0.6) is 0 Å². The third-order valence-corrected chi connectivity index (χ3v) is 4.35. The highest BCUT2D eigenvalue weighted by atomic mass is 32.1. The number of amides is 2. The summed E-state index contributed by atoms with van der Waals surface area (Å²) in [7, 11) is 0. The molecule has 0 aromatic carbocycles. The number of carbonyl (C=O) groups is 1. The molecule has 0 saturated carbocycles. The molecule has 21 heavy (non-hydrogen) atoms. The Morgan fingerprint density at radius 2 is 2.38 bits per heavy atom. The number of thiazole rings is 1. The number of aryl methyl sites for hydroxylation is 1. The molecule has 7 heteroatoms. The first-order valence-electron chi connectivity index (χ1n) is 7.15. The van der Waals surface area contributed by atoms with E-state index in [4.69, 9.17) is 0 Å². The fourth-order valence-corrected chi connectivity index (χ4v) is 3.22. The average Bonchev–Trinajstić information content (AvgIpc) is 3.06. The Kier molecular flexibility index (Phi) is 3.92. The molecule has 1 aliphatic rings. The molecule has 2 N–H and O–H groups in total. The van der Waals surface area contributed by atoms with Crippen LogP contribution in [-0.2, 0) is 12.8 Å². The Labute approximate surface area is 127 Å². The SMILES string of the molecule is CC(C)n1ncc2c1C[C@H](NC(=O)Nc1nccs1)CC2. The largest absolute Gasteiger partial charge is 0.335 e. The van der Waals surface area contributed by atoms with Crippen LogP contribution < -0.4 is 10.6 Å². The van der Waals surface area contributed by atoms with E-state index in [0.29, 0.717) is 11.2 Å². The van der Waals surface area contributed by atoms with Crippen LogP contribution >= 0.6 is 11.3 Å². The van der Waals surface area contributed by atoms with E-state index in [1.165, 1.54) is 22.6 Å². The van der Waals surface area contributed by atoms with Crippen molar-refractivity contribution < 1.29 is 4.79 Å². The number of rotatable bonds is 3. The van der Waals surface area contributed by atoms with Gasteiger partial charge in [-0.2, -0.15) is 5.10 Å². The van der Waals surface area contributed by atoms with Crippen LogP contribution in [0.25, 0.3) is 0 Å². The van der Waals surface area contributed by atoms with Crippen molar-refractivity contribution in [3.8, 4) is 0 Å². The van der Waals surface area contributed by atoms with Crippen LogP contribution in [0.15, 0.2) is 17.8 Å². The van der Waals surface area contributed by atoms with E-state index in [9.17, 15) is 4.79 Å². The fraction of sp³-hybridized carbons (Fsp3) is 0.500. The van der Waals surface area contributed by atoms with Crippen molar-refractivity contribution in [2.24, 2.45) is 0 Å². The molecule has 1 aliphatic carbocycles. The van der Waals surface area contributed by atoms with E-state index in [2.05, 4.69) is 39.2 Å². The summed E-state index contributed by atoms with van der Waals surface area (Å²) in [6.45, 7) is 4.25. The van der Waals surface area contributed by atoms with Gasteiger partial charge in [0.15, 0.2) is 5.13 Å². The lowest BCUT2D eigenvalue weighted by atomic mass is 9.93. The molecule has 0 saturated heterocycles. The van der Waals surface area contributed by atoms with Gasteiger partial charge in [0.05, 0.1) is 6.20 Å². The van der Waals surface area contributed by atoms with Gasteiger partial charge in [0, 0.05) is 35.8 Å². The van der Waals surface area contributed by atoms with Gasteiger partial charge in [-0.15, -0.1) is 11.3 Å². The minimum Gasteiger partial charge on any atom is -0.335 e. The zero-order chi connectivity index (χ0) is 14.8. The van der Waals surface area contributed by atoms with Crippen LogP contribution in [0.3, 0.4) is 0 Å². The van der Waals surface area contributed by atoms with E-state index in [0.717, 1.165) is 19.3 Å². The van der Waals surface area contributed by atoms with Gasteiger partial charge in [0.25, 0.3) is 0 Å². The van der Waals surface area contributed by atoms with Gasteiger partial charge in [-0.05, 0) is 32.3 Å². The van der Waals surface area contributed by atoms with E-state index in [1.807, 2.05) is 11.6 Å². The van der Waals surface area contributed by atoms with Crippen molar-refractivity contribution in [2.45, 2.75) is 45.2 Å². The smallest absolute Gasteiger partial charge is 0.321 e. The van der Waals surface area contributed by atoms with Gasteiger partial charge >= 0.3 is 6.03 Å². The molecule has 0 fully saturated rings. The maximum Gasteiger partial charge on any atom is 0.321 e. The summed E-state index contributed by atoms with van der Waals surface area (Å²) in [4.78, 5) is 16.0. The normalized spacial score (nSPS) is 17.6. The molecule has 0 radical (unpaired) electrons. The molecule has 2 aromatic heterocycles. The van der Waals surface area contributed by atoms with Crippen molar-refractivity contribution >= 4 is 22.5 Å². The predicted molar refractivity (Wildman–Crippen MR) is 82.7 cm³/mol. The Hall–Kier alpha value is -1.89. The maximum atomic E-state index is 12.0. The first kappa shape index (κ1) is 14.1. The van der Waals surface area contributed by atoms with Gasteiger partial charge in [-0.1, -0.05) is 0 Å². The Morgan fingerprint density at radius 3 is 3.10 bits per heavy atom. The van der Waals surface area contributed by atoms with Crippen LogP contribution in [-0.4, -0.2) is 26.8 Å². The van der Waals surface area contributed by atoms with Gasteiger partial charge in [-0.25, -0.2) is 9.78 Å². The first-order valence-corrected chi connectivity index (χ1v) is 8.03. The van der Waals surface area contributed by atoms with Crippen molar-refractivity contribution in [2.75, 3.05) is 5.32 Å². The second-order valence-electron chi connectivity index (χ2n) is 5.53. The minimum atomic E-state index is -0.186. The molecule has 2 amide bonds. The molecule has 0 bridgehead atoms. The van der Waals surface area contributed by atoms with E-state index in [1.54, 1.807) is 6.20 Å². The number of carbonyl (C=O) groups excluding carboxylic acids is 1. The van der Waals surface area contributed by atoms with E-state index >= 15 is 0 Å². The highest BCUT2D eigenvalue weighted by Gasteiger charge is 2.24. The average molecular weight is 305 g/mol. The number of nitrogens with zero attached hydrogens (tertiary/aromatic N) is 3. The summed E-state index contributed by atoms with van der Waals surface area (Å²) in [6.07, 6.45) is 6.38. The molecular weight excluding hydrogens is 286 g/mol. The van der Waals surface area contributed by atoms with Crippen molar-refractivity contribution in [3.05, 3.63) is 29.0 Å². The molecule has 2 aromatic rings. The Morgan fingerprint density at radius 1 is 1.52 bits per heavy atom. The molecule has 3 rings (SSSR count). The van der Waals surface area contributed by atoms with E-state index < -0.39 is 0 Å². The number of aromatic nitrogens is 3. The van der Waals surface area contributed by atoms with Gasteiger partial charge in [-0.3, -0.25) is 10.00 Å². The van der Waals surface area contributed by atoms with Crippen molar-refractivity contribution in [1.82, 2.24) is 20.1 Å². The summed E-state index contributed by atoms with van der Waals surface area (Å²) < 4.78 is 2.06. The zero-order valence-corrected chi connectivity index (χ0v) is 13.0.